The van der Waals surface area contributed by atoms with E-state index in [0.29, 0.717) is 0 Å². The smallest absolute Gasteiger partial charge is 0.107 e. The van der Waals surface area contributed by atoms with E-state index in [1.165, 1.54) is 0 Å². The molecule has 2 heterocycles. The monoisotopic (exact) mass is 186 g/mol. The SMILES string of the molecule is [CH](CCc1ccccn1)c1ccco1. The van der Waals surface area contributed by atoms with E-state index in [-0.39, 0.29) is 0 Å². The van der Waals surface area contributed by atoms with E-state index in [0.717, 1.165) is 24.3 Å². The van der Waals surface area contributed by atoms with Crippen LogP contribution >= 0.6 is 0 Å². The van der Waals surface area contributed by atoms with Crippen molar-refractivity contribution in [2.24, 2.45) is 0 Å². The van der Waals surface area contributed by atoms with Gasteiger partial charge in [-0.2, -0.15) is 0 Å². The zero-order valence-corrected chi connectivity index (χ0v) is 7.89. The average Bonchev–Trinajstić information content (AvgIpc) is 2.72. The van der Waals surface area contributed by atoms with Crippen LogP contribution in [0.4, 0.5) is 0 Å². The van der Waals surface area contributed by atoms with Crippen molar-refractivity contribution in [2.75, 3.05) is 0 Å². The summed E-state index contributed by atoms with van der Waals surface area (Å²) in [5.41, 5.74) is 1.12. The third-order valence-corrected chi connectivity index (χ3v) is 2.02. The molecule has 0 N–H and O–H groups in total. The zero-order valence-electron chi connectivity index (χ0n) is 7.89. The minimum absolute atomic E-state index is 0.931. The summed E-state index contributed by atoms with van der Waals surface area (Å²) in [5, 5.41) is 0. The van der Waals surface area contributed by atoms with E-state index in [4.69, 9.17) is 4.42 Å². The first-order valence-electron chi connectivity index (χ1n) is 4.72. The molecular weight excluding hydrogens is 174 g/mol. The molecule has 2 heteroatoms. The van der Waals surface area contributed by atoms with E-state index in [1.54, 1.807) is 6.26 Å². The highest BCUT2D eigenvalue weighted by Gasteiger charge is 1.97. The van der Waals surface area contributed by atoms with Gasteiger partial charge in [0, 0.05) is 18.3 Å². The Morgan fingerprint density at radius 2 is 2.21 bits per heavy atom. The second-order valence-corrected chi connectivity index (χ2v) is 3.08. The Kier molecular flexibility index (Phi) is 2.96. The number of nitrogens with zero attached hydrogens (tertiary/aromatic N) is 1. The first-order valence-corrected chi connectivity index (χ1v) is 4.72. The maximum absolute atomic E-state index is 5.20. The molecule has 0 aliphatic carbocycles. The molecule has 0 spiro atoms. The highest BCUT2D eigenvalue weighted by molar-refractivity contribution is 5.10. The van der Waals surface area contributed by atoms with Gasteiger partial charge in [0.2, 0.25) is 0 Å². The average molecular weight is 186 g/mol. The van der Waals surface area contributed by atoms with Crippen molar-refractivity contribution in [1.29, 1.82) is 0 Å². The number of pyridine rings is 1. The minimum atomic E-state index is 0.931. The molecule has 0 atom stereocenters. The van der Waals surface area contributed by atoms with Crippen LogP contribution in [0.2, 0.25) is 0 Å². The molecular formula is C12H12NO. The Hall–Kier alpha value is -1.57. The fraction of sp³-hybridized carbons (Fsp3) is 0.167. The normalized spacial score (nSPS) is 10.3. The van der Waals surface area contributed by atoms with Crippen LogP contribution < -0.4 is 0 Å². The Labute approximate surface area is 83.6 Å². The van der Waals surface area contributed by atoms with Crippen molar-refractivity contribution in [3.05, 3.63) is 60.7 Å². The molecule has 1 radical (unpaired) electrons. The summed E-state index contributed by atoms with van der Waals surface area (Å²) in [5.74, 6) is 0.931. The molecule has 0 fully saturated rings. The van der Waals surface area contributed by atoms with Crippen LogP contribution in [-0.2, 0) is 6.42 Å². The number of aromatic nitrogens is 1. The van der Waals surface area contributed by atoms with E-state index in [1.807, 2.05) is 36.5 Å². The van der Waals surface area contributed by atoms with Gasteiger partial charge >= 0.3 is 0 Å². The summed E-state index contributed by atoms with van der Waals surface area (Å²) in [6.07, 6.45) is 7.51. The van der Waals surface area contributed by atoms with Crippen LogP contribution in [0.5, 0.6) is 0 Å². The molecule has 0 aromatic carbocycles. The Balaban J connectivity index is 1.79. The van der Waals surface area contributed by atoms with Crippen molar-refractivity contribution in [3.8, 4) is 0 Å². The first-order chi connectivity index (χ1) is 6.95. The lowest BCUT2D eigenvalue weighted by atomic mass is 10.1. The molecule has 2 aromatic rings. The molecule has 14 heavy (non-hydrogen) atoms. The molecule has 71 valence electrons. The zero-order chi connectivity index (χ0) is 9.64. The lowest BCUT2D eigenvalue weighted by molar-refractivity contribution is 0.534. The van der Waals surface area contributed by atoms with Crippen LogP contribution in [0.15, 0.2) is 47.2 Å². The molecule has 0 aliphatic heterocycles. The predicted octanol–water partition coefficient (Wildman–Crippen LogP) is 2.86. The second-order valence-electron chi connectivity index (χ2n) is 3.08. The predicted molar refractivity (Wildman–Crippen MR) is 54.7 cm³/mol. The highest BCUT2D eigenvalue weighted by Crippen LogP contribution is 2.08. The molecule has 2 rings (SSSR count). The largest absolute Gasteiger partial charge is 0.469 e. The van der Waals surface area contributed by atoms with Crippen LogP contribution in [0.3, 0.4) is 0 Å². The summed E-state index contributed by atoms with van der Waals surface area (Å²) in [6, 6.07) is 9.83. The molecule has 0 saturated heterocycles. The Bertz CT molecular complexity index is 353. The van der Waals surface area contributed by atoms with Gasteiger partial charge in [-0.05, 0) is 37.1 Å². The van der Waals surface area contributed by atoms with Crippen molar-refractivity contribution in [1.82, 2.24) is 4.98 Å². The van der Waals surface area contributed by atoms with Gasteiger partial charge in [-0.15, -0.1) is 0 Å². The standard InChI is InChI=1S/C12H12NO/c1-2-9-13-11(5-1)6-3-7-12-8-4-10-14-12/h1-2,4-5,7-10H,3,6H2. The van der Waals surface area contributed by atoms with Gasteiger partial charge in [-0.25, -0.2) is 0 Å². The van der Waals surface area contributed by atoms with E-state index in [2.05, 4.69) is 11.4 Å². The topological polar surface area (TPSA) is 26.0 Å². The van der Waals surface area contributed by atoms with Crippen molar-refractivity contribution < 1.29 is 4.42 Å². The number of rotatable bonds is 4. The molecule has 0 amide bonds. The maximum Gasteiger partial charge on any atom is 0.107 e. The van der Waals surface area contributed by atoms with Crippen molar-refractivity contribution in [3.63, 3.8) is 0 Å². The third-order valence-electron chi connectivity index (χ3n) is 2.02. The Morgan fingerprint density at radius 1 is 1.21 bits per heavy atom. The number of aryl methyl sites for hydroxylation is 1. The fourth-order valence-electron chi connectivity index (χ4n) is 1.32. The molecule has 0 saturated carbocycles. The van der Waals surface area contributed by atoms with E-state index >= 15 is 0 Å². The molecule has 0 aliphatic rings. The fourth-order valence-corrected chi connectivity index (χ4v) is 1.32. The molecule has 2 aromatic heterocycles. The van der Waals surface area contributed by atoms with Gasteiger partial charge in [-0.3, -0.25) is 4.98 Å². The van der Waals surface area contributed by atoms with Crippen LogP contribution in [-0.4, -0.2) is 4.98 Å². The summed E-state index contributed by atoms with van der Waals surface area (Å²) in [4.78, 5) is 4.25. The van der Waals surface area contributed by atoms with Gasteiger partial charge in [0.1, 0.15) is 5.76 Å². The lowest BCUT2D eigenvalue weighted by Crippen LogP contribution is -1.89. The summed E-state index contributed by atoms with van der Waals surface area (Å²) < 4.78 is 5.20. The number of furan rings is 1. The molecule has 2 nitrogen and oxygen atoms in total. The molecule has 0 bridgehead atoms. The van der Waals surface area contributed by atoms with Gasteiger partial charge in [-0.1, -0.05) is 6.07 Å². The minimum Gasteiger partial charge on any atom is -0.469 e. The summed E-state index contributed by atoms with van der Waals surface area (Å²) >= 11 is 0. The first kappa shape index (κ1) is 9.00. The van der Waals surface area contributed by atoms with Gasteiger partial charge in [0.15, 0.2) is 0 Å². The van der Waals surface area contributed by atoms with Crippen LogP contribution in [0.1, 0.15) is 17.9 Å². The van der Waals surface area contributed by atoms with Gasteiger partial charge in [0.05, 0.1) is 6.26 Å². The van der Waals surface area contributed by atoms with Crippen LogP contribution in [0.25, 0.3) is 0 Å². The maximum atomic E-state index is 5.20. The second kappa shape index (κ2) is 4.61. The third kappa shape index (κ3) is 2.46. The number of hydrogen-bond acceptors (Lipinski definition) is 2. The van der Waals surface area contributed by atoms with Gasteiger partial charge < -0.3 is 4.42 Å². The molecule has 0 unspecified atom stereocenters. The highest BCUT2D eigenvalue weighted by atomic mass is 16.3. The lowest BCUT2D eigenvalue weighted by Gasteiger charge is -1.97. The summed E-state index contributed by atoms with van der Waals surface area (Å²) in [7, 11) is 0. The van der Waals surface area contributed by atoms with E-state index < -0.39 is 0 Å². The van der Waals surface area contributed by atoms with Crippen molar-refractivity contribution >= 4 is 0 Å². The van der Waals surface area contributed by atoms with Crippen molar-refractivity contribution in [2.45, 2.75) is 12.8 Å². The summed E-state index contributed by atoms with van der Waals surface area (Å²) in [6.45, 7) is 0. The quantitative estimate of drug-likeness (QED) is 0.733. The Morgan fingerprint density at radius 3 is 2.93 bits per heavy atom. The number of hydrogen-bond donors (Lipinski definition) is 0. The van der Waals surface area contributed by atoms with Gasteiger partial charge in [0.25, 0.3) is 0 Å². The van der Waals surface area contributed by atoms with Crippen LogP contribution in [0, 0.1) is 6.42 Å². The van der Waals surface area contributed by atoms with E-state index in [9.17, 15) is 0 Å².